The molecule has 1 aliphatic rings. The van der Waals surface area contributed by atoms with E-state index < -0.39 is 5.54 Å². The van der Waals surface area contributed by atoms with Crippen LogP contribution in [-0.4, -0.2) is 13.2 Å². The van der Waals surface area contributed by atoms with E-state index in [1.807, 2.05) is 0 Å². The second-order valence-electron chi connectivity index (χ2n) is 3.84. The first-order valence-corrected chi connectivity index (χ1v) is 5.17. The topological polar surface area (TPSA) is 58.0 Å². The number of benzene rings is 1. The number of ether oxygens (including phenoxy) is 1. The molecule has 0 spiro atoms. The molecule has 1 fully saturated rings. The van der Waals surface area contributed by atoms with Gasteiger partial charge in [-0.1, -0.05) is 17.2 Å². The molecule has 0 aliphatic carbocycles. The number of nitrogens with zero attached hydrogens (tertiary/aromatic N) is 3. The van der Waals surface area contributed by atoms with Crippen LogP contribution in [0.1, 0.15) is 18.4 Å². The molecule has 16 heavy (non-hydrogen) atoms. The smallest absolute Gasteiger partial charge is 0.123 e. The predicted octanol–water partition coefficient (Wildman–Crippen LogP) is 3.14. The predicted molar refractivity (Wildman–Crippen MR) is 57.3 cm³/mol. The largest absolute Gasteiger partial charge is 0.381 e. The quantitative estimate of drug-likeness (QED) is 0.430. The van der Waals surface area contributed by atoms with Crippen molar-refractivity contribution in [2.75, 3.05) is 13.2 Å². The Hall–Kier alpha value is -1.58. The highest BCUT2D eigenvalue weighted by molar-refractivity contribution is 5.26. The highest BCUT2D eigenvalue weighted by atomic mass is 19.1. The van der Waals surface area contributed by atoms with E-state index in [4.69, 9.17) is 10.3 Å². The Labute approximate surface area is 92.7 Å². The van der Waals surface area contributed by atoms with Crippen LogP contribution in [0, 0.1) is 5.82 Å². The summed E-state index contributed by atoms with van der Waals surface area (Å²) in [6, 6.07) is 6.13. The molecule has 0 saturated carbocycles. The minimum atomic E-state index is -0.569. The molecule has 1 heterocycles. The van der Waals surface area contributed by atoms with E-state index >= 15 is 0 Å². The van der Waals surface area contributed by atoms with E-state index in [1.165, 1.54) is 12.1 Å². The van der Waals surface area contributed by atoms with Gasteiger partial charge in [0.25, 0.3) is 0 Å². The summed E-state index contributed by atoms with van der Waals surface area (Å²) in [5.41, 5.74) is 8.93. The molecule has 5 heteroatoms. The van der Waals surface area contributed by atoms with Gasteiger partial charge >= 0.3 is 0 Å². The van der Waals surface area contributed by atoms with Crippen molar-refractivity contribution in [3.05, 3.63) is 46.1 Å². The second kappa shape index (κ2) is 4.51. The maximum absolute atomic E-state index is 12.8. The zero-order valence-corrected chi connectivity index (χ0v) is 8.77. The molecule has 0 aromatic heterocycles. The molecule has 84 valence electrons. The number of hydrogen-bond donors (Lipinski definition) is 0. The first-order valence-electron chi connectivity index (χ1n) is 5.17. The van der Waals surface area contributed by atoms with Gasteiger partial charge in [0, 0.05) is 18.1 Å². The molecule has 0 amide bonds. The van der Waals surface area contributed by atoms with Crippen LogP contribution in [-0.2, 0) is 10.3 Å². The Morgan fingerprint density at radius 3 is 2.44 bits per heavy atom. The van der Waals surface area contributed by atoms with Gasteiger partial charge in [-0.05, 0) is 36.1 Å². The highest BCUT2D eigenvalue weighted by Gasteiger charge is 2.33. The van der Waals surface area contributed by atoms with Crippen LogP contribution in [0.3, 0.4) is 0 Å². The average Bonchev–Trinajstić information content (AvgIpc) is 2.31. The van der Waals surface area contributed by atoms with Crippen molar-refractivity contribution < 1.29 is 9.13 Å². The van der Waals surface area contributed by atoms with Crippen molar-refractivity contribution in [2.24, 2.45) is 5.11 Å². The SMILES string of the molecule is [N-]=[N+]=NC1(c2ccc(F)cc2)CCOCC1. The summed E-state index contributed by atoms with van der Waals surface area (Å²) in [6.07, 6.45) is 1.28. The molecule has 0 atom stereocenters. The van der Waals surface area contributed by atoms with Gasteiger partial charge in [-0.25, -0.2) is 4.39 Å². The van der Waals surface area contributed by atoms with E-state index in [0.717, 1.165) is 5.56 Å². The fourth-order valence-electron chi connectivity index (χ4n) is 2.00. The molecule has 0 bridgehead atoms. The van der Waals surface area contributed by atoms with Gasteiger partial charge in [-0.15, -0.1) is 0 Å². The lowest BCUT2D eigenvalue weighted by Gasteiger charge is -2.33. The Morgan fingerprint density at radius 1 is 1.25 bits per heavy atom. The van der Waals surface area contributed by atoms with E-state index in [9.17, 15) is 4.39 Å². The summed E-state index contributed by atoms with van der Waals surface area (Å²) in [7, 11) is 0. The molecule has 0 radical (unpaired) electrons. The van der Waals surface area contributed by atoms with E-state index in [0.29, 0.717) is 26.1 Å². The highest BCUT2D eigenvalue weighted by Crippen LogP contribution is 2.36. The Bertz CT molecular complexity index is 406. The lowest BCUT2D eigenvalue weighted by molar-refractivity contribution is 0.0524. The molecule has 2 rings (SSSR count). The molecule has 0 N–H and O–H groups in total. The van der Waals surface area contributed by atoms with Crippen LogP contribution in [0.15, 0.2) is 29.4 Å². The summed E-state index contributed by atoms with van der Waals surface area (Å²) in [4.78, 5) is 2.91. The van der Waals surface area contributed by atoms with Crippen LogP contribution in [0.2, 0.25) is 0 Å². The molecule has 0 unspecified atom stereocenters. The van der Waals surface area contributed by atoms with Crippen LogP contribution in [0.4, 0.5) is 4.39 Å². The van der Waals surface area contributed by atoms with Gasteiger partial charge in [0.2, 0.25) is 0 Å². The van der Waals surface area contributed by atoms with E-state index in [1.54, 1.807) is 12.1 Å². The van der Waals surface area contributed by atoms with Crippen LogP contribution in [0.5, 0.6) is 0 Å². The number of azide groups is 1. The number of rotatable bonds is 2. The van der Waals surface area contributed by atoms with Crippen LogP contribution < -0.4 is 0 Å². The monoisotopic (exact) mass is 221 g/mol. The minimum absolute atomic E-state index is 0.285. The molecule has 4 nitrogen and oxygen atoms in total. The maximum Gasteiger partial charge on any atom is 0.123 e. The summed E-state index contributed by atoms with van der Waals surface area (Å²) in [5.74, 6) is -0.285. The van der Waals surface area contributed by atoms with Gasteiger partial charge in [-0.3, -0.25) is 0 Å². The minimum Gasteiger partial charge on any atom is -0.381 e. The van der Waals surface area contributed by atoms with Crippen molar-refractivity contribution in [1.29, 1.82) is 0 Å². The van der Waals surface area contributed by atoms with E-state index in [2.05, 4.69) is 10.0 Å². The van der Waals surface area contributed by atoms with Crippen molar-refractivity contribution in [3.63, 3.8) is 0 Å². The lowest BCUT2D eigenvalue weighted by atomic mass is 9.84. The van der Waals surface area contributed by atoms with Crippen LogP contribution in [0.25, 0.3) is 10.4 Å². The molecule has 1 aromatic rings. The third-order valence-corrected chi connectivity index (χ3v) is 2.94. The zero-order chi connectivity index (χ0) is 11.4. The Balaban J connectivity index is 2.38. The Morgan fingerprint density at radius 2 is 1.88 bits per heavy atom. The third-order valence-electron chi connectivity index (χ3n) is 2.94. The fourth-order valence-corrected chi connectivity index (χ4v) is 2.00. The molecular formula is C11H12FN3O. The molecular weight excluding hydrogens is 209 g/mol. The molecule has 1 aliphatic heterocycles. The van der Waals surface area contributed by atoms with Crippen molar-refractivity contribution in [1.82, 2.24) is 0 Å². The normalized spacial score (nSPS) is 18.8. The fraction of sp³-hybridized carbons (Fsp3) is 0.455. The van der Waals surface area contributed by atoms with Gasteiger partial charge in [0.15, 0.2) is 0 Å². The molecule has 1 saturated heterocycles. The van der Waals surface area contributed by atoms with Gasteiger partial charge in [0.05, 0.1) is 5.54 Å². The van der Waals surface area contributed by atoms with Crippen molar-refractivity contribution in [2.45, 2.75) is 18.4 Å². The number of hydrogen-bond acceptors (Lipinski definition) is 2. The van der Waals surface area contributed by atoms with Crippen molar-refractivity contribution in [3.8, 4) is 0 Å². The van der Waals surface area contributed by atoms with Gasteiger partial charge in [-0.2, -0.15) is 0 Å². The summed E-state index contributed by atoms with van der Waals surface area (Å²) in [5, 5.41) is 3.89. The van der Waals surface area contributed by atoms with Crippen molar-refractivity contribution >= 4 is 0 Å². The van der Waals surface area contributed by atoms with Gasteiger partial charge < -0.3 is 4.74 Å². The van der Waals surface area contributed by atoms with E-state index in [-0.39, 0.29) is 5.82 Å². The second-order valence-corrected chi connectivity index (χ2v) is 3.84. The van der Waals surface area contributed by atoms with Gasteiger partial charge in [0.1, 0.15) is 5.82 Å². The molecule has 1 aromatic carbocycles. The first kappa shape index (κ1) is 10.9. The first-order chi connectivity index (χ1) is 7.77. The lowest BCUT2D eigenvalue weighted by Crippen LogP contribution is -2.31. The summed E-state index contributed by atoms with van der Waals surface area (Å²) < 4.78 is 18.1. The zero-order valence-electron chi connectivity index (χ0n) is 8.77. The average molecular weight is 221 g/mol. The number of halogens is 1. The summed E-state index contributed by atoms with van der Waals surface area (Å²) >= 11 is 0. The maximum atomic E-state index is 12.8. The summed E-state index contributed by atoms with van der Waals surface area (Å²) in [6.45, 7) is 1.13. The third kappa shape index (κ3) is 2.01. The Kier molecular flexibility index (Phi) is 3.08. The van der Waals surface area contributed by atoms with Crippen LogP contribution >= 0.6 is 0 Å². The standard InChI is InChI=1S/C11H12FN3O/c12-10-3-1-9(2-4-10)11(14-15-13)5-7-16-8-6-11/h1-4H,5-8H2.